The van der Waals surface area contributed by atoms with Crippen LogP contribution < -0.4 is 11.1 Å². The zero-order valence-electron chi connectivity index (χ0n) is 14.5. The molecule has 7 heteroatoms. The molecular formula is C18H21ClN2O4. The summed E-state index contributed by atoms with van der Waals surface area (Å²) in [7, 11) is 3.33. The van der Waals surface area contributed by atoms with Crippen LogP contribution in [0.15, 0.2) is 52.8 Å². The number of halogens is 1. The van der Waals surface area contributed by atoms with E-state index in [1.807, 2.05) is 6.92 Å². The Morgan fingerprint density at radius 2 is 1.56 bits per heavy atom. The first kappa shape index (κ1) is 20.4. The molecule has 2 rings (SSSR count). The van der Waals surface area contributed by atoms with Crippen molar-refractivity contribution >= 4 is 23.1 Å². The van der Waals surface area contributed by atoms with E-state index in [1.165, 1.54) is 21.3 Å². The van der Waals surface area contributed by atoms with Crippen LogP contribution in [0.5, 0.6) is 0 Å². The van der Waals surface area contributed by atoms with Crippen LogP contribution in [0.2, 0.25) is 0 Å². The first-order valence-electron chi connectivity index (χ1n) is 7.54. The molecule has 0 saturated carbocycles. The molecule has 0 saturated heterocycles. The number of ketones is 1. The number of alkyl halides is 1. The number of aryl methyl sites for hydroxylation is 2. The largest absolute Gasteiger partial charge is 0.494 e. The Labute approximate surface area is 150 Å². The van der Waals surface area contributed by atoms with E-state index in [-0.39, 0.29) is 22.8 Å². The van der Waals surface area contributed by atoms with E-state index in [2.05, 4.69) is 6.58 Å². The van der Waals surface area contributed by atoms with Gasteiger partial charge < -0.3 is 13.9 Å². The van der Waals surface area contributed by atoms with E-state index >= 15 is 0 Å². The van der Waals surface area contributed by atoms with Crippen molar-refractivity contribution in [1.29, 1.82) is 0 Å². The maximum absolute atomic E-state index is 11.2. The highest BCUT2D eigenvalue weighted by Gasteiger charge is 2.04. The smallest absolute Gasteiger partial charge is 0.250 e. The molecule has 134 valence electrons. The first-order valence-corrected chi connectivity index (χ1v) is 8.08. The van der Waals surface area contributed by atoms with Crippen LogP contribution in [0.3, 0.4) is 0 Å². The minimum absolute atomic E-state index is 0.0571. The van der Waals surface area contributed by atoms with E-state index in [0.717, 1.165) is 5.56 Å². The summed E-state index contributed by atoms with van der Waals surface area (Å²) in [5.74, 6) is 0.224. The molecule has 0 unspecified atom stereocenters. The average molecular weight is 365 g/mol. The van der Waals surface area contributed by atoms with Gasteiger partial charge in [0.1, 0.15) is 5.76 Å². The second-order valence-electron chi connectivity index (χ2n) is 5.14. The Kier molecular flexibility index (Phi) is 7.88. The molecule has 0 amide bonds. The molecule has 0 aliphatic heterocycles. The summed E-state index contributed by atoms with van der Waals surface area (Å²) in [6.45, 7) is 6.16. The van der Waals surface area contributed by atoms with Gasteiger partial charge in [-0.3, -0.25) is 14.4 Å². The topological polar surface area (TPSA) is 70.3 Å². The van der Waals surface area contributed by atoms with Crippen LogP contribution in [-0.4, -0.2) is 27.4 Å². The normalized spacial score (nSPS) is 9.76. The number of carbonyl (C=O) groups is 1. The lowest BCUT2D eigenvalue weighted by Crippen LogP contribution is -2.17. The van der Waals surface area contributed by atoms with Crippen molar-refractivity contribution in [3.8, 4) is 0 Å². The van der Waals surface area contributed by atoms with Crippen LogP contribution >= 0.6 is 11.6 Å². The zero-order chi connectivity index (χ0) is 19.0. The van der Waals surface area contributed by atoms with E-state index in [9.17, 15) is 14.4 Å². The average Bonchev–Trinajstić information content (AvgIpc) is 2.59. The Morgan fingerprint density at radius 1 is 1.08 bits per heavy atom. The van der Waals surface area contributed by atoms with E-state index in [4.69, 9.17) is 16.3 Å². The highest BCUT2D eigenvalue weighted by atomic mass is 35.5. The fraction of sp³-hybridized carbons (Fsp3) is 0.278. The Morgan fingerprint density at radius 3 is 2.00 bits per heavy atom. The zero-order valence-corrected chi connectivity index (χ0v) is 15.2. The Bertz CT molecular complexity index is 868. The molecule has 0 aliphatic carbocycles. The maximum Gasteiger partial charge on any atom is 0.250 e. The molecule has 25 heavy (non-hydrogen) atoms. The summed E-state index contributed by atoms with van der Waals surface area (Å²) in [4.78, 5) is 33.2. The molecule has 2 aromatic heterocycles. The summed E-state index contributed by atoms with van der Waals surface area (Å²) in [6.07, 6.45) is 3.24. The van der Waals surface area contributed by atoms with Crippen LogP contribution in [-0.2, 0) is 18.8 Å². The molecule has 2 aromatic rings. The molecule has 0 aromatic carbocycles. The lowest BCUT2D eigenvalue weighted by Gasteiger charge is -2.06. The number of hydrogen-bond acceptors (Lipinski definition) is 4. The minimum atomic E-state index is -0.227. The number of rotatable bonds is 5. The highest BCUT2D eigenvalue weighted by molar-refractivity contribution is 6.30. The van der Waals surface area contributed by atoms with Gasteiger partial charge in [0.2, 0.25) is 0 Å². The Balaban J connectivity index is 0.000000251. The second kappa shape index (κ2) is 9.64. The van der Waals surface area contributed by atoms with Gasteiger partial charge in [-0.15, -0.1) is 11.6 Å². The van der Waals surface area contributed by atoms with E-state index in [1.54, 1.807) is 38.6 Å². The van der Waals surface area contributed by atoms with Crippen LogP contribution in [0.4, 0.5) is 0 Å². The van der Waals surface area contributed by atoms with Gasteiger partial charge in [0.25, 0.3) is 11.1 Å². The number of hydrogen-bond donors (Lipinski definition) is 0. The molecule has 6 nitrogen and oxygen atoms in total. The quantitative estimate of drug-likeness (QED) is 0.463. The van der Waals surface area contributed by atoms with Crippen molar-refractivity contribution in [3.05, 3.63) is 75.1 Å². The number of pyridine rings is 2. The van der Waals surface area contributed by atoms with Gasteiger partial charge in [-0.25, -0.2) is 0 Å². The molecule has 0 N–H and O–H groups in total. The van der Waals surface area contributed by atoms with Gasteiger partial charge in [0, 0.05) is 49.7 Å². The van der Waals surface area contributed by atoms with Crippen molar-refractivity contribution in [2.75, 3.05) is 12.5 Å². The maximum atomic E-state index is 11.2. The third-order valence-electron chi connectivity index (χ3n) is 3.29. The number of aromatic nitrogens is 2. The van der Waals surface area contributed by atoms with Gasteiger partial charge in [-0.2, -0.15) is 0 Å². The number of carbonyl (C=O) groups excluding carboxylic acids is 1. The molecule has 0 atom stereocenters. The van der Waals surface area contributed by atoms with Crippen molar-refractivity contribution in [2.24, 2.45) is 14.1 Å². The highest BCUT2D eigenvalue weighted by Crippen LogP contribution is 2.10. The fourth-order valence-corrected chi connectivity index (χ4v) is 1.93. The van der Waals surface area contributed by atoms with Crippen molar-refractivity contribution in [3.63, 3.8) is 0 Å². The molecular weight excluding hydrogens is 344 g/mol. The molecule has 0 radical (unpaired) electrons. The summed E-state index contributed by atoms with van der Waals surface area (Å²) in [5.41, 5.74) is 0.849. The first-order chi connectivity index (χ1) is 11.8. The summed E-state index contributed by atoms with van der Waals surface area (Å²) in [6, 6.07) is 6.17. The third kappa shape index (κ3) is 6.08. The summed E-state index contributed by atoms with van der Waals surface area (Å²) in [5, 5.41) is 0. The van der Waals surface area contributed by atoms with Gasteiger partial charge in [0.05, 0.1) is 12.5 Å². The summed E-state index contributed by atoms with van der Waals surface area (Å²) < 4.78 is 8.08. The van der Waals surface area contributed by atoms with E-state index in [0.29, 0.717) is 17.9 Å². The summed E-state index contributed by atoms with van der Waals surface area (Å²) >= 11 is 5.32. The number of nitrogens with zero attached hydrogens (tertiary/aromatic N) is 2. The number of Topliss-reactive ketones (excluding diaryl/α,β-unsaturated/α-hetero) is 1. The van der Waals surface area contributed by atoms with Crippen molar-refractivity contribution < 1.29 is 9.53 Å². The van der Waals surface area contributed by atoms with Crippen LogP contribution in [0.1, 0.15) is 22.8 Å². The van der Waals surface area contributed by atoms with Crippen molar-refractivity contribution in [2.45, 2.75) is 6.92 Å². The predicted molar refractivity (Wildman–Crippen MR) is 99.1 cm³/mol. The predicted octanol–water partition coefficient (Wildman–Crippen LogP) is 2.20. The second-order valence-corrected chi connectivity index (χ2v) is 5.41. The van der Waals surface area contributed by atoms with Gasteiger partial charge >= 0.3 is 0 Å². The molecule has 2 heterocycles. The number of ether oxygens (including phenoxy) is 1. The molecule has 0 spiro atoms. The minimum Gasteiger partial charge on any atom is -0.494 e. The SMILES string of the molecule is C=C(OCC)c1ccn(C)c(=O)c1.Cn1ccc(C(=O)CCl)cc1=O. The molecule has 0 aliphatic rings. The van der Waals surface area contributed by atoms with Gasteiger partial charge in [-0.05, 0) is 19.1 Å². The molecule has 0 bridgehead atoms. The fourth-order valence-electron chi connectivity index (χ4n) is 1.78. The lowest BCUT2D eigenvalue weighted by atomic mass is 10.2. The van der Waals surface area contributed by atoms with Gasteiger partial charge in [-0.1, -0.05) is 6.58 Å². The van der Waals surface area contributed by atoms with E-state index < -0.39 is 0 Å². The van der Waals surface area contributed by atoms with Gasteiger partial charge in [0.15, 0.2) is 5.78 Å². The standard InChI is InChI=1S/C10H13NO2.C8H8ClNO2/c1-4-13-8(2)9-5-6-11(3)10(12)7-9;1-10-3-2-6(4-8(10)12)7(11)5-9/h5-7H,2,4H2,1,3H3;2-4H,5H2,1H3. The lowest BCUT2D eigenvalue weighted by molar-refractivity contribution is 0.102. The Hall–Kier alpha value is -2.60. The monoisotopic (exact) mass is 364 g/mol. The van der Waals surface area contributed by atoms with Crippen molar-refractivity contribution in [1.82, 2.24) is 9.13 Å². The van der Waals surface area contributed by atoms with Crippen LogP contribution in [0, 0.1) is 0 Å². The van der Waals surface area contributed by atoms with Crippen LogP contribution in [0.25, 0.3) is 5.76 Å². The third-order valence-corrected chi connectivity index (χ3v) is 3.54. The molecule has 0 fully saturated rings.